The fraction of sp³-hybridized carbons (Fsp3) is 0.296. The number of nitrogens with zero attached hydrogens (tertiary/aromatic N) is 4. The summed E-state index contributed by atoms with van der Waals surface area (Å²) in [5.41, 5.74) is 3.55. The fourth-order valence-electron chi connectivity index (χ4n) is 5.06. The molecular formula is C27H27ClN6O2. The number of halogens is 1. The van der Waals surface area contributed by atoms with Crippen LogP contribution in [0, 0.1) is 5.41 Å². The zero-order valence-corrected chi connectivity index (χ0v) is 20.9. The first-order valence-corrected chi connectivity index (χ1v) is 12.3. The van der Waals surface area contributed by atoms with Gasteiger partial charge in [-0.3, -0.25) is 19.5 Å². The smallest absolute Gasteiger partial charge is 0.273 e. The monoisotopic (exact) mass is 502 g/mol. The summed E-state index contributed by atoms with van der Waals surface area (Å²) in [5, 5.41) is 11.5. The molecule has 2 aromatic heterocycles. The van der Waals surface area contributed by atoms with E-state index < -0.39 is 5.54 Å². The van der Waals surface area contributed by atoms with Crippen LogP contribution in [0.5, 0.6) is 0 Å². The number of piperidine rings is 1. The van der Waals surface area contributed by atoms with E-state index >= 15 is 0 Å². The Morgan fingerprint density at radius 1 is 1.19 bits per heavy atom. The van der Waals surface area contributed by atoms with Gasteiger partial charge in [0.05, 0.1) is 34.3 Å². The Labute approximate surface area is 214 Å². The lowest BCUT2D eigenvalue weighted by atomic mass is 9.92. The third-order valence-electron chi connectivity index (χ3n) is 6.96. The lowest BCUT2D eigenvalue weighted by molar-refractivity contribution is 0.0712. The van der Waals surface area contributed by atoms with Crippen molar-refractivity contribution in [2.45, 2.75) is 38.3 Å². The first-order chi connectivity index (χ1) is 17.3. The highest BCUT2D eigenvalue weighted by molar-refractivity contribution is 6.33. The van der Waals surface area contributed by atoms with Crippen molar-refractivity contribution < 1.29 is 9.59 Å². The van der Waals surface area contributed by atoms with Gasteiger partial charge < -0.3 is 15.6 Å². The summed E-state index contributed by atoms with van der Waals surface area (Å²) >= 11 is 6.15. The van der Waals surface area contributed by atoms with Crippen molar-refractivity contribution in [2.75, 3.05) is 23.3 Å². The number of anilines is 2. The molecule has 36 heavy (non-hydrogen) atoms. The lowest BCUT2D eigenvalue weighted by Crippen LogP contribution is -2.42. The summed E-state index contributed by atoms with van der Waals surface area (Å²) in [7, 11) is 0. The lowest BCUT2D eigenvalue weighted by Gasteiger charge is -2.34. The molecule has 0 spiro atoms. The molecule has 1 fully saturated rings. The van der Waals surface area contributed by atoms with Crippen LogP contribution in [0.4, 0.5) is 11.4 Å². The molecule has 5 rings (SSSR count). The number of hydrogen-bond donors (Lipinski definition) is 2. The number of nitrogens with one attached hydrogen (secondary N) is 2. The summed E-state index contributed by atoms with van der Waals surface area (Å²) in [6, 6.07) is 11.0. The molecule has 9 heteroatoms. The van der Waals surface area contributed by atoms with E-state index in [0.29, 0.717) is 29.4 Å². The topological polar surface area (TPSA) is 102 Å². The van der Waals surface area contributed by atoms with Crippen LogP contribution in [0.1, 0.15) is 58.7 Å². The van der Waals surface area contributed by atoms with Crippen LogP contribution in [0.2, 0.25) is 5.02 Å². The SMILES string of the molecule is CC1(C)c2cc(C=N)ccc2C(=O)N1c1cncc(NC2CCN(C(=O)c3ncccc3Cl)CC2)c1. The Morgan fingerprint density at radius 2 is 1.97 bits per heavy atom. The van der Waals surface area contributed by atoms with Gasteiger partial charge in [0.1, 0.15) is 5.69 Å². The van der Waals surface area contributed by atoms with Gasteiger partial charge in [-0.2, -0.15) is 0 Å². The van der Waals surface area contributed by atoms with E-state index in [-0.39, 0.29) is 23.6 Å². The molecule has 4 heterocycles. The molecule has 3 aromatic rings. The van der Waals surface area contributed by atoms with Crippen LogP contribution in [0.25, 0.3) is 0 Å². The minimum Gasteiger partial charge on any atom is -0.381 e. The standard InChI is InChI=1S/C27H27ClN6O2/c1-27(2)22-12-17(14-29)5-6-21(22)25(35)34(27)20-13-19(15-30-16-20)32-18-7-10-33(11-8-18)26(36)24-23(28)4-3-9-31-24/h3-6,9,12-16,18,29,32H,7-8,10-11H2,1-2H3. The van der Waals surface area contributed by atoms with Gasteiger partial charge in [-0.15, -0.1) is 0 Å². The van der Waals surface area contributed by atoms with E-state index in [2.05, 4.69) is 15.3 Å². The molecule has 1 saturated heterocycles. The maximum atomic E-state index is 13.3. The van der Waals surface area contributed by atoms with Gasteiger partial charge in [0.15, 0.2) is 0 Å². The zero-order valence-electron chi connectivity index (χ0n) is 20.2. The molecule has 0 unspecified atom stereocenters. The van der Waals surface area contributed by atoms with Crippen molar-refractivity contribution in [3.05, 3.63) is 82.4 Å². The average Bonchev–Trinajstić information content (AvgIpc) is 3.08. The van der Waals surface area contributed by atoms with Gasteiger partial charge in [0.25, 0.3) is 11.8 Å². The summed E-state index contributed by atoms with van der Waals surface area (Å²) < 4.78 is 0. The van der Waals surface area contributed by atoms with Gasteiger partial charge >= 0.3 is 0 Å². The van der Waals surface area contributed by atoms with Crippen molar-refractivity contribution in [3.8, 4) is 0 Å². The Kier molecular flexibility index (Phi) is 6.22. The second-order valence-corrected chi connectivity index (χ2v) is 10.0. The second-order valence-electron chi connectivity index (χ2n) is 9.63. The van der Waals surface area contributed by atoms with Crippen molar-refractivity contribution in [1.82, 2.24) is 14.9 Å². The third-order valence-corrected chi connectivity index (χ3v) is 7.26. The fourth-order valence-corrected chi connectivity index (χ4v) is 5.27. The van der Waals surface area contributed by atoms with E-state index in [0.717, 1.165) is 29.7 Å². The molecule has 0 saturated carbocycles. The predicted octanol–water partition coefficient (Wildman–Crippen LogP) is 4.74. The summed E-state index contributed by atoms with van der Waals surface area (Å²) in [6.07, 6.45) is 7.86. The van der Waals surface area contributed by atoms with Crippen LogP contribution in [0.15, 0.2) is 55.0 Å². The normalized spacial score (nSPS) is 17.1. The number of likely N-dealkylation sites (tertiary alicyclic amines) is 1. The van der Waals surface area contributed by atoms with Crippen LogP contribution in [0.3, 0.4) is 0 Å². The largest absolute Gasteiger partial charge is 0.381 e. The summed E-state index contributed by atoms with van der Waals surface area (Å²) in [5.74, 6) is -0.228. The van der Waals surface area contributed by atoms with Gasteiger partial charge in [0.2, 0.25) is 0 Å². The van der Waals surface area contributed by atoms with Crippen molar-refractivity contribution in [1.29, 1.82) is 5.41 Å². The average molecular weight is 503 g/mol. The molecule has 2 amide bonds. The van der Waals surface area contributed by atoms with Crippen molar-refractivity contribution in [2.24, 2.45) is 0 Å². The van der Waals surface area contributed by atoms with E-state index in [9.17, 15) is 9.59 Å². The number of carbonyl (C=O) groups excluding carboxylic acids is 2. The van der Waals surface area contributed by atoms with Crippen LogP contribution < -0.4 is 10.2 Å². The molecule has 2 aliphatic heterocycles. The number of fused-ring (bicyclic) bond motifs is 1. The minimum atomic E-state index is -0.579. The highest BCUT2D eigenvalue weighted by Gasteiger charge is 2.44. The Bertz CT molecular complexity index is 1350. The van der Waals surface area contributed by atoms with Crippen LogP contribution in [-0.2, 0) is 5.54 Å². The van der Waals surface area contributed by atoms with E-state index in [1.165, 1.54) is 6.21 Å². The minimum absolute atomic E-state index is 0.0783. The summed E-state index contributed by atoms with van der Waals surface area (Å²) in [4.78, 5) is 38.2. The van der Waals surface area contributed by atoms with Crippen LogP contribution >= 0.6 is 11.6 Å². The van der Waals surface area contributed by atoms with Crippen molar-refractivity contribution in [3.63, 3.8) is 0 Å². The molecule has 0 radical (unpaired) electrons. The van der Waals surface area contributed by atoms with Gasteiger partial charge in [-0.25, -0.2) is 4.98 Å². The second kappa shape index (κ2) is 9.35. The van der Waals surface area contributed by atoms with Gasteiger partial charge in [-0.1, -0.05) is 17.7 Å². The molecule has 1 aromatic carbocycles. The third kappa shape index (κ3) is 4.22. The van der Waals surface area contributed by atoms with Gasteiger partial charge in [0, 0.05) is 37.1 Å². The first kappa shape index (κ1) is 23.9. The van der Waals surface area contributed by atoms with E-state index in [1.807, 2.05) is 26.0 Å². The number of pyridine rings is 2. The van der Waals surface area contributed by atoms with Gasteiger partial charge in [-0.05, 0) is 68.1 Å². The quantitative estimate of drug-likeness (QED) is 0.490. The number of rotatable bonds is 5. The Hall–Kier alpha value is -3.78. The molecule has 8 nitrogen and oxygen atoms in total. The van der Waals surface area contributed by atoms with Crippen molar-refractivity contribution >= 4 is 41.0 Å². The number of hydrogen-bond acceptors (Lipinski definition) is 6. The zero-order chi connectivity index (χ0) is 25.4. The number of carbonyl (C=O) groups is 2. The maximum Gasteiger partial charge on any atom is 0.273 e. The number of amides is 2. The number of aromatic nitrogens is 2. The Balaban J connectivity index is 1.28. The number of benzene rings is 1. The molecule has 184 valence electrons. The molecule has 2 aliphatic rings. The maximum absolute atomic E-state index is 13.3. The highest BCUT2D eigenvalue weighted by Crippen LogP contribution is 2.42. The predicted molar refractivity (Wildman–Crippen MR) is 140 cm³/mol. The summed E-state index contributed by atoms with van der Waals surface area (Å²) in [6.45, 7) is 5.20. The highest BCUT2D eigenvalue weighted by atomic mass is 35.5. The van der Waals surface area contributed by atoms with E-state index in [4.69, 9.17) is 17.0 Å². The molecule has 2 N–H and O–H groups in total. The molecule has 0 bridgehead atoms. The first-order valence-electron chi connectivity index (χ1n) is 11.9. The molecule has 0 atom stereocenters. The molecule has 0 aliphatic carbocycles. The van der Waals surface area contributed by atoms with E-state index in [1.54, 1.807) is 52.7 Å². The van der Waals surface area contributed by atoms with Crippen LogP contribution in [-0.4, -0.2) is 52.0 Å². The molecular weight excluding hydrogens is 476 g/mol. The Morgan fingerprint density at radius 3 is 2.69 bits per heavy atom.